The van der Waals surface area contributed by atoms with Gasteiger partial charge in [0.1, 0.15) is 15.3 Å². The summed E-state index contributed by atoms with van der Waals surface area (Å²) < 4.78 is 17.8. The maximum Gasteiger partial charge on any atom is 0.319 e. The molecule has 0 bridgehead atoms. The molecule has 0 radical (unpaired) electrons. The molecule has 0 aliphatic rings. The van der Waals surface area contributed by atoms with Crippen LogP contribution in [-0.4, -0.2) is 15.5 Å². The fraction of sp³-hybridized carbons (Fsp3) is 0.400. The second kappa shape index (κ2) is 7.03. The summed E-state index contributed by atoms with van der Waals surface area (Å²) >= 11 is 2.07. The lowest BCUT2D eigenvalue weighted by Crippen LogP contribution is -2.28. The first-order valence-corrected chi connectivity index (χ1v) is 7.31. The quantitative estimate of drug-likeness (QED) is 0.443. The molecule has 0 aliphatic carbocycles. The summed E-state index contributed by atoms with van der Waals surface area (Å²) in [4.78, 5) is 11.7. The van der Waals surface area contributed by atoms with E-state index in [0.29, 0.717) is 6.42 Å². The van der Waals surface area contributed by atoms with Crippen molar-refractivity contribution in [3.8, 4) is 0 Å². The van der Waals surface area contributed by atoms with Crippen molar-refractivity contribution in [1.82, 2.24) is 0 Å². The highest BCUT2D eigenvalue weighted by atomic mass is 127. The van der Waals surface area contributed by atoms with Gasteiger partial charge in [-0.05, 0) is 44.9 Å². The minimum atomic E-state index is -0.457. The van der Waals surface area contributed by atoms with Gasteiger partial charge in [0.25, 0.3) is 0 Å². The predicted molar refractivity (Wildman–Crippen MR) is 83.7 cm³/mol. The van der Waals surface area contributed by atoms with E-state index >= 15 is 0 Å². The Kier molecular flexibility index (Phi) is 5.97. The lowest BCUT2D eigenvalue weighted by molar-refractivity contribution is -0.153. The molecule has 0 N–H and O–H groups in total. The highest BCUT2D eigenvalue weighted by molar-refractivity contribution is 14.1. The topological polar surface area (TPSA) is 26.3 Å². The molecule has 0 heterocycles. The van der Waals surface area contributed by atoms with E-state index in [1.807, 2.05) is 32.9 Å². The summed E-state index contributed by atoms with van der Waals surface area (Å²) in [5, 5.41) is 0. The molecule has 0 saturated carbocycles. The van der Waals surface area contributed by atoms with Gasteiger partial charge in [-0.15, -0.1) is 0 Å². The van der Waals surface area contributed by atoms with Gasteiger partial charge in [0, 0.05) is 0 Å². The lowest BCUT2D eigenvalue weighted by Gasteiger charge is -2.21. The fourth-order valence-electron chi connectivity index (χ4n) is 1.36. The molecule has 2 nitrogen and oxygen atoms in total. The number of carbonyl (C=O) groups is 1. The molecule has 19 heavy (non-hydrogen) atoms. The zero-order valence-corrected chi connectivity index (χ0v) is 13.5. The molecule has 1 unspecified atom stereocenters. The van der Waals surface area contributed by atoms with Gasteiger partial charge in [-0.2, -0.15) is 0 Å². The van der Waals surface area contributed by atoms with E-state index in [1.165, 1.54) is 12.1 Å². The van der Waals surface area contributed by atoms with Crippen LogP contribution in [0.5, 0.6) is 0 Å². The molecule has 104 valence electrons. The zero-order valence-electron chi connectivity index (χ0n) is 11.3. The summed E-state index contributed by atoms with van der Waals surface area (Å²) in [6.45, 7) is 5.55. The van der Waals surface area contributed by atoms with E-state index in [9.17, 15) is 9.18 Å². The largest absolute Gasteiger partial charge is 0.459 e. The Morgan fingerprint density at radius 1 is 1.37 bits per heavy atom. The number of carbonyl (C=O) groups excluding carboxylic acids is 1. The maximum atomic E-state index is 12.7. The maximum absolute atomic E-state index is 12.7. The van der Waals surface area contributed by atoms with Gasteiger partial charge < -0.3 is 4.74 Å². The third-order valence-electron chi connectivity index (χ3n) is 2.19. The molecule has 0 aliphatic heterocycles. The Bertz CT molecular complexity index is 446. The van der Waals surface area contributed by atoms with E-state index in [-0.39, 0.29) is 15.7 Å². The molecule has 1 atom stereocenters. The number of hydrogen-bond acceptors (Lipinski definition) is 2. The van der Waals surface area contributed by atoms with Crippen molar-refractivity contribution in [2.45, 2.75) is 36.7 Å². The van der Waals surface area contributed by atoms with Crippen molar-refractivity contribution in [2.24, 2.45) is 0 Å². The van der Waals surface area contributed by atoms with Crippen LogP contribution in [0.1, 0.15) is 32.8 Å². The van der Waals surface area contributed by atoms with Gasteiger partial charge >= 0.3 is 5.97 Å². The number of hydrogen-bond donors (Lipinski definition) is 0. The smallest absolute Gasteiger partial charge is 0.319 e. The van der Waals surface area contributed by atoms with Crippen LogP contribution in [0.3, 0.4) is 0 Å². The van der Waals surface area contributed by atoms with E-state index < -0.39 is 5.60 Å². The van der Waals surface area contributed by atoms with Crippen molar-refractivity contribution < 1.29 is 13.9 Å². The van der Waals surface area contributed by atoms with Crippen LogP contribution in [0.15, 0.2) is 30.3 Å². The molecule has 4 heteroatoms. The summed E-state index contributed by atoms with van der Waals surface area (Å²) in [6, 6.07) is 6.22. The summed E-state index contributed by atoms with van der Waals surface area (Å²) in [6.07, 6.45) is 4.36. The van der Waals surface area contributed by atoms with Gasteiger partial charge in [0.05, 0.1) is 0 Å². The molecule has 1 rings (SSSR count). The molecule has 1 aromatic carbocycles. The number of benzene rings is 1. The molecule has 0 fully saturated rings. The highest BCUT2D eigenvalue weighted by Crippen LogP contribution is 2.16. The second-order valence-corrected chi connectivity index (χ2v) is 6.69. The Hall–Kier alpha value is -0.910. The van der Waals surface area contributed by atoms with E-state index in [4.69, 9.17) is 4.74 Å². The number of halogens is 2. The SMILES string of the molecule is CC(C)(C)OC(=O)C(I)C/C=C/c1ccc(F)cc1. The van der Waals surface area contributed by atoms with Crippen molar-refractivity contribution >= 4 is 34.6 Å². The van der Waals surface area contributed by atoms with Crippen LogP contribution in [-0.2, 0) is 9.53 Å². The van der Waals surface area contributed by atoms with Crippen LogP contribution in [0.4, 0.5) is 4.39 Å². The van der Waals surface area contributed by atoms with Crippen LogP contribution >= 0.6 is 22.6 Å². The van der Waals surface area contributed by atoms with Crippen molar-refractivity contribution in [2.75, 3.05) is 0 Å². The monoisotopic (exact) mass is 376 g/mol. The molecule has 0 saturated heterocycles. The van der Waals surface area contributed by atoms with E-state index in [2.05, 4.69) is 22.6 Å². The standard InChI is InChI=1S/C15H18FIO2/c1-15(2,3)19-14(18)13(17)6-4-5-11-7-9-12(16)10-8-11/h4-5,7-10,13H,6H2,1-3H3/b5-4+. The molecular formula is C15H18FIO2. The molecule has 0 aromatic heterocycles. The molecular weight excluding hydrogens is 358 g/mol. The number of alkyl halides is 1. The summed E-state index contributed by atoms with van der Waals surface area (Å²) in [5.74, 6) is -0.463. The Morgan fingerprint density at radius 2 is 1.95 bits per heavy atom. The Morgan fingerprint density at radius 3 is 2.47 bits per heavy atom. The first kappa shape index (κ1) is 16.1. The number of ether oxygens (including phenoxy) is 1. The van der Waals surface area contributed by atoms with Gasteiger partial charge in [-0.1, -0.05) is 46.9 Å². The fourth-order valence-corrected chi connectivity index (χ4v) is 1.78. The number of allylic oxidation sites excluding steroid dienone is 1. The first-order valence-electron chi connectivity index (χ1n) is 6.07. The van der Waals surface area contributed by atoms with Crippen LogP contribution in [0.2, 0.25) is 0 Å². The average molecular weight is 376 g/mol. The number of rotatable bonds is 4. The number of esters is 1. The minimum absolute atomic E-state index is 0.211. The third kappa shape index (κ3) is 6.71. The second-order valence-electron chi connectivity index (χ2n) is 5.19. The summed E-state index contributed by atoms with van der Waals surface area (Å²) in [5.41, 5.74) is 0.454. The van der Waals surface area contributed by atoms with Crippen LogP contribution in [0.25, 0.3) is 6.08 Å². The van der Waals surface area contributed by atoms with E-state index in [1.54, 1.807) is 12.1 Å². The average Bonchev–Trinajstić information content (AvgIpc) is 2.29. The zero-order chi connectivity index (χ0) is 14.5. The molecule has 0 spiro atoms. The minimum Gasteiger partial charge on any atom is -0.459 e. The normalized spacial score (nSPS) is 13.5. The predicted octanol–water partition coefficient (Wildman–Crippen LogP) is 4.37. The van der Waals surface area contributed by atoms with E-state index in [0.717, 1.165) is 5.56 Å². The van der Waals surface area contributed by atoms with Gasteiger partial charge in [-0.3, -0.25) is 4.79 Å². The van der Waals surface area contributed by atoms with Gasteiger partial charge in [-0.25, -0.2) is 4.39 Å². The lowest BCUT2D eigenvalue weighted by atomic mass is 10.1. The Balaban J connectivity index is 2.47. The molecule has 0 amide bonds. The van der Waals surface area contributed by atoms with Crippen molar-refractivity contribution in [1.29, 1.82) is 0 Å². The first-order chi connectivity index (χ1) is 8.78. The van der Waals surface area contributed by atoms with Crippen LogP contribution < -0.4 is 0 Å². The van der Waals surface area contributed by atoms with Crippen molar-refractivity contribution in [3.63, 3.8) is 0 Å². The van der Waals surface area contributed by atoms with Crippen molar-refractivity contribution in [3.05, 3.63) is 41.7 Å². The summed E-state index contributed by atoms with van der Waals surface area (Å²) in [7, 11) is 0. The Labute approximate surface area is 127 Å². The highest BCUT2D eigenvalue weighted by Gasteiger charge is 2.21. The van der Waals surface area contributed by atoms with Crippen LogP contribution in [0, 0.1) is 5.82 Å². The van der Waals surface area contributed by atoms with Gasteiger partial charge in [0.15, 0.2) is 0 Å². The third-order valence-corrected chi connectivity index (χ3v) is 3.20. The molecule has 1 aromatic rings. The van der Waals surface area contributed by atoms with Gasteiger partial charge in [0.2, 0.25) is 0 Å².